The van der Waals surface area contributed by atoms with E-state index in [9.17, 15) is 4.79 Å². The zero-order valence-electron chi connectivity index (χ0n) is 12.6. The van der Waals surface area contributed by atoms with Crippen LogP contribution in [0.1, 0.15) is 53.2 Å². The molecule has 1 rings (SSSR count). The van der Waals surface area contributed by atoms with Crippen LogP contribution >= 0.6 is 11.5 Å². The molecule has 1 N–H and O–H groups in total. The molecule has 0 aromatic carbocycles. The van der Waals surface area contributed by atoms with E-state index in [1.54, 1.807) is 4.90 Å². The molecule has 0 saturated carbocycles. The van der Waals surface area contributed by atoms with Crippen LogP contribution in [0.5, 0.6) is 0 Å². The predicted octanol–water partition coefficient (Wildman–Crippen LogP) is 4.09. The van der Waals surface area contributed by atoms with Crippen molar-refractivity contribution in [3.63, 3.8) is 0 Å². The quantitative estimate of drug-likeness (QED) is 0.854. The molecular weight excluding hydrogens is 258 g/mol. The smallest absolute Gasteiger partial charge is 0.322 e. The van der Waals surface area contributed by atoms with Gasteiger partial charge in [0.25, 0.3) is 0 Å². The Morgan fingerprint density at radius 2 is 1.89 bits per heavy atom. The molecule has 0 saturated heterocycles. The molecule has 0 aliphatic heterocycles. The van der Waals surface area contributed by atoms with E-state index < -0.39 is 0 Å². The Hall–Kier alpha value is -1.10. The van der Waals surface area contributed by atoms with Crippen molar-refractivity contribution in [3.8, 4) is 0 Å². The van der Waals surface area contributed by atoms with Gasteiger partial charge in [0.2, 0.25) is 0 Å². The minimum absolute atomic E-state index is 0.0464. The molecule has 0 unspecified atom stereocenters. The Labute approximate surface area is 120 Å². The third-order valence-corrected chi connectivity index (χ3v) is 4.67. The van der Waals surface area contributed by atoms with Gasteiger partial charge in [-0.15, -0.1) is 0 Å². The van der Waals surface area contributed by atoms with Crippen molar-refractivity contribution in [2.24, 2.45) is 0 Å². The number of urea groups is 1. The van der Waals surface area contributed by atoms with Gasteiger partial charge in [0, 0.05) is 18.5 Å². The van der Waals surface area contributed by atoms with Crippen LogP contribution in [-0.2, 0) is 5.41 Å². The average Bonchev–Trinajstić information content (AvgIpc) is 2.88. The molecular formula is C14H25N3OS. The number of rotatable bonds is 6. The number of aromatic nitrogens is 1. The number of carbonyl (C=O) groups excluding carboxylic acids is 1. The lowest BCUT2D eigenvalue weighted by molar-refractivity contribution is 0.217. The Kier molecular flexibility index (Phi) is 5.79. The van der Waals surface area contributed by atoms with E-state index in [1.165, 1.54) is 11.5 Å². The van der Waals surface area contributed by atoms with Crippen LogP contribution in [0.3, 0.4) is 0 Å². The predicted molar refractivity (Wildman–Crippen MR) is 82.0 cm³/mol. The molecule has 0 aliphatic rings. The van der Waals surface area contributed by atoms with Crippen molar-refractivity contribution in [2.75, 3.05) is 18.4 Å². The first kappa shape index (κ1) is 16.0. The summed E-state index contributed by atoms with van der Waals surface area (Å²) in [6.07, 6.45) is 2.10. The lowest BCUT2D eigenvalue weighted by Gasteiger charge is -2.23. The Morgan fingerprint density at radius 1 is 1.32 bits per heavy atom. The monoisotopic (exact) mass is 283 g/mol. The van der Waals surface area contributed by atoms with Gasteiger partial charge >= 0.3 is 6.03 Å². The van der Waals surface area contributed by atoms with E-state index in [-0.39, 0.29) is 11.4 Å². The van der Waals surface area contributed by atoms with Crippen LogP contribution in [0.15, 0.2) is 6.07 Å². The van der Waals surface area contributed by atoms with Crippen LogP contribution in [-0.4, -0.2) is 28.4 Å². The highest BCUT2D eigenvalue weighted by Gasteiger charge is 2.25. The maximum Gasteiger partial charge on any atom is 0.322 e. The van der Waals surface area contributed by atoms with Gasteiger partial charge in [-0.3, -0.25) is 5.32 Å². The van der Waals surface area contributed by atoms with Gasteiger partial charge in [-0.2, -0.15) is 4.37 Å². The van der Waals surface area contributed by atoms with Crippen LogP contribution in [0, 0.1) is 0 Å². The van der Waals surface area contributed by atoms with Crippen LogP contribution in [0.25, 0.3) is 0 Å². The highest BCUT2D eigenvalue weighted by Crippen LogP contribution is 2.33. The van der Waals surface area contributed by atoms with Gasteiger partial charge in [0.15, 0.2) is 0 Å². The number of nitrogens with zero attached hydrogens (tertiary/aromatic N) is 2. The Morgan fingerprint density at radius 3 is 2.37 bits per heavy atom. The zero-order valence-corrected chi connectivity index (χ0v) is 13.4. The SMILES string of the molecule is CCN(CC)C(=O)Nc1cc(C(C)(CC)CC)ns1. The van der Waals surface area contributed by atoms with Crippen molar-refractivity contribution in [1.29, 1.82) is 0 Å². The maximum atomic E-state index is 12.0. The van der Waals surface area contributed by atoms with E-state index in [0.717, 1.165) is 36.6 Å². The number of nitrogens with one attached hydrogen (secondary N) is 1. The Bertz CT molecular complexity index is 409. The van der Waals surface area contributed by atoms with Crippen molar-refractivity contribution < 1.29 is 4.79 Å². The third kappa shape index (κ3) is 3.69. The largest absolute Gasteiger partial charge is 0.325 e. The van der Waals surface area contributed by atoms with Crippen LogP contribution < -0.4 is 5.32 Å². The normalized spacial score (nSPS) is 11.4. The second kappa shape index (κ2) is 6.89. The summed E-state index contributed by atoms with van der Waals surface area (Å²) in [6, 6.07) is 1.97. The van der Waals surface area contributed by atoms with E-state index in [4.69, 9.17) is 0 Å². The fourth-order valence-corrected chi connectivity index (χ4v) is 2.69. The minimum atomic E-state index is -0.0464. The van der Waals surface area contributed by atoms with Gasteiger partial charge < -0.3 is 4.90 Å². The summed E-state index contributed by atoms with van der Waals surface area (Å²) in [5.41, 5.74) is 1.19. The first-order valence-corrected chi connectivity index (χ1v) is 7.81. The molecule has 2 amide bonds. The van der Waals surface area contributed by atoms with E-state index in [0.29, 0.717) is 0 Å². The summed E-state index contributed by atoms with van der Waals surface area (Å²) >= 11 is 1.37. The van der Waals surface area contributed by atoms with E-state index in [1.807, 2.05) is 19.9 Å². The number of amides is 2. The standard InChI is InChI=1S/C14H25N3OS/c1-6-14(5,7-2)11-10-12(19-16-11)15-13(18)17(8-3)9-4/h10H,6-9H2,1-5H3,(H,15,18). The number of hydrogen-bond donors (Lipinski definition) is 1. The molecule has 108 valence electrons. The first-order valence-electron chi connectivity index (χ1n) is 7.03. The molecule has 0 atom stereocenters. The zero-order chi connectivity index (χ0) is 14.5. The molecule has 0 fully saturated rings. The molecule has 1 aromatic heterocycles. The molecule has 1 heterocycles. The van der Waals surface area contributed by atoms with Crippen LogP contribution in [0.2, 0.25) is 0 Å². The third-order valence-electron chi connectivity index (χ3n) is 3.97. The summed E-state index contributed by atoms with van der Waals surface area (Å²) in [6.45, 7) is 12.0. The summed E-state index contributed by atoms with van der Waals surface area (Å²) in [4.78, 5) is 13.7. The van der Waals surface area contributed by atoms with Gasteiger partial charge in [-0.05, 0) is 44.3 Å². The number of hydrogen-bond acceptors (Lipinski definition) is 3. The first-order chi connectivity index (χ1) is 9.00. The summed E-state index contributed by atoms with van der Waals surface area (Å²) in [7, 11) is 0. The summed E-state index contributed by atoms with van der Waals surface area (Å²) in [5, 5.41) is 3.76. The van der Waals surface area contributed by atoms with Gasteiger partial charge in [-0.1, -0.05) is 20.8 Å². The molecule has 0 spiro atoms. The second-order valence-corrected chi connectivity index (χ2v) is 5.75. The van der Waals surface area contributed by atoms with Crippen molar-refractivity contribution in [1.82, 2.24) is 9.27 Å². The average molecular weight is 283 g/mol. The minimum Gasteiger partial charge on any atom is -0.325 e. The lowest BCUT2D eigenvalue weighted by atomic mass is 9.81. The molecule has 4 nitrogen and oxygen atoms in total. The summed E-state index contributed by atoms with van der Waals surface area (Å²) in [5.74, 6) is 0. The van der Waals surface area contributed by atoms with Crippen LogP contribution in [0.4, 0.5) is 9.80 Å². The number of anilines is 1. The van der Waals surface area contributed by atoms with Crippen molar-refractivity contribution in [3.05, 3.63) is 11.8 Å². The molecule has 19 heavy (non-hydrogen) atoms. The fourth-order valence-electron chi connectivity index (χ4n) is 1.93. The molecule has 1 aromatic rings. The lowest BCUT2D eigenvalue weighted by Crippen LogP contribution is -2.34. The van der Waals surface area contributed by atoms with Crippen molar-refractivity contribution >= 4 is 22.6 Å². The highest BCUT2D eigenvalue weighted by molar-refractivity contribution is 7.10. The van der Waals surface area contributed by atoms with Gasteiger partial charge in [-0.25, -0.2) is 4.79 Å². The summed E-state index contributed by atoms with van der Waals surface area (Å²) < 4.78 is 4.50. The van der Waals surface area contributed by atoms with E-state index in [2.05, 4.69) is 30.5 Å². The van der Waals surface area contributed by atoms with Gasteiger partial charge in [0.05, 0.1) is 5.69 Å². The van der Waals surface area contributed by atoms with Crippen molar-refractivity contribution in [2.45, 2.75) is 52.9 Å². The number of carbonyl (C=O) groups is 1. The molecule has 0 radical (unpaired) electrons. The topological polar surface area (TPSA) is 45.2 Å². The fraction of sp³-hybridized carbons (Fsp3) is 0.714. The maximum absolute atomic E-state index is 12.0. The van der Waals surface area contributed by atoms with Gasteiger partial charge in [0.1, 0.15) is 5.00 Å². The molecule has 5 heteroatoms. The highest BCUT2D eigenvalue weighted by atomic mass is 32.1. The second-order valence-electron chi connectivity index (χ2n) is 4.95. The van der Waals surface area contributed by atoms with E-state index >= 15 is 0 Å². The molecule has 0 bridgehead atoms. The molecule has 0 aliphatic carbocycles. The Balaban J connectivity index is 2.78.